The van der Waals surface area contributed by atoms with Gasteiger partial charge in [0.15, 0.2) is 0 Å². The third kappa shape index (κ3) is 4.85. The van der Waals surface area contributed by atoms with Crippen LogP contribution in [0.2, 0.25) is 0 Å². The molecular weight excluding hydrogens is 298 g/mol. The van der Waals surface area contributed by atoms with E-state index in [2.05, 4.69) is 35.6 Å². The number of hydrogen-bond donors (Lipinski definition) is 1. The van der Waals surface area contributed by atoms with Crippen LogP contribution in [0, 0.1) is 0 Å². The van der Waals surface area contributed by atoms with Crippen molar-refractivity contribution in [2.24, 2.45) is 0 Å². The lowest BCUT2D eigenvalue weighted by Gasteiger charge is -2.29. The van der Waals surface area contributed by atoms with Gasteiger partial charge in [0.2, 0.25) is 5.91 Å². The number of para-hydroxylation sites is 1. The van der Waals surface area contributed by atoms with E-state index in [-0.39, 0.29) is 5.91 Å². The zero-order chi connectivity index (χ0) is 16.6. The summed E-state index contributed by atoms with van der Waals surface area (Å²) >= 11 is 0. The fraction of sp³-hybridized carbons (Fsp3) is 0.381. The molecular formula is C21H25NO2. The van der Waals surface area contributed by atoms with Crippen molar-refractivity contribution in [3.05, 3.63) is 66.2 Å². The van der Waals surface area contributed by atoms with E-state index in [9.17, 15) is 4.79 Å². The van der Waals surface area contributed by atoms with Gasteiger partial charge < -0.3 is 10.1 Å². The van der Waals surface area contributed by atoms with Gasteiger partial charge in [0.1, 0.15) is 5.75 Å². The Morgan fingerprint density at radius 2 is 1.54 bits per heavy atom. The third-order valence-electron chi connectivity index (χ3n) is 4.70. The van der Waals surface area contributed by atoms with Gasteiger partial charge in [0.25, 0.3) is 0 Å². The molecule has 2 aromatic carbocycles. The fourth-order valence-electron chi connectivity index (χ4n) is 3.37. The SMILES string of the molecule is O=C(CCOc1ccccc1)NC1CCC(c2ccccc2)CC1. The van der Waals surface area contributed by atoms with Crippen molar-refractivity contribution < 1.29 is 9.53 Å². The Morgan fingerprint density at radius 3 is 2.21 bits per heavy atom. The lowest BCUT2D eigenvalue weighted by Crippen LogP contribution is -2.37. The minimum atomic E-state index is 0.0918. The molecule has 1 aliphatic carbocycles. The van der Waals surface area contributed by atoms with Gasteiger partial charge in [-0.15, -0.1) is 0 Å². The topological polar surface area (TPSA) is 38.3 Å². The molecule has 0 radical (unpaired) electrons. The Labute approximate surface area is 144 Å². The standard InChI is InChI=1S/C21H25NO2/c23-21(15-16-24-20-9-5-2-6-10-20)22-19-13-11-18(12-14-19)17-7-3-1-4-8-17/h1-10,18-19H,11-16H2,(H,22,23). The van der Waals surface area contributed by atoms with Crippen molar-refractivity contribution >= 4 is 5.91 Å². The largest absolute Gasteiger partial charge is 0.493 e. The van der Waals surface area contributed by atoms with E-state index in [1.54, 1.807) is 0 Å². The summed E-state index contributed by atoms with van der Waals surface area (Å²) in [6.07, 6.45) is 4.83. The second kappa shape index (κ2) is 8.53. The number of amides is 1. The Kier molecular flexibility index (Phi) is 5.89. The van der Waals surface area contributed by atoms with Crippen molar-refractivity contribution in [1.29, 1.82) is 0 Å². The summed E-state index contributed by atoms with van der Waals surface area (Å²) in [5, 5.41) is 3.16. The van der Waals surface area contributed by atoms with E-state index in [1.165, 1.54) is 5.56 Å². The molecule has 3 heteroatoms. The van der Waals surface area contributed by atoms with Crippen LogP contribution in [-0.4, -0.2) is 18.6 Å². The van der Waals surface area contributed by atoms with E-state index in [1.807, 2.05) is 30.3 Å². The van der Waals surface area contributed by atoms with Gasteiger partial charge in [-0.3, -0.25) is 4.79 Å². The Balaban J connectivity index is 1.36. The van der Waals surface area contributed by atoms with Crippen LogP contribution in [0.5, 0.6) is 5.75 Å². The smallest absolute Gasteiger partial charge is 0.223 e. The quantitative estimate of drug-likeness (QED) is 0.861. The monoisotopic (exact) mass is 323 g/mol. The summed E-state index contributed by atoms with van der Waals surface area (Å²) in [5.74, 6) is 1.54. The molecule has 1 fully saturated rings. The zero-order valence-corrected chi connectivity index (χ0v) is 14.0. The van der Waals surface area contributed by atoms with Crippen LogP contribution >= 0.6 is 0 Å². The molecule has 1 aliphatic rings. The van der Waals surface area contributed by atoms with E-state index in [4.69, 9.17) is 4.74 Å². The maximum atomic E-state index is 12.1. The first-order valence-corrected chi connectivity index (χ1v) is 8.83. The number of rotatable bonds is 6. The summed E-state index contributed by atoms with van der Waals surface area (Å²) < 4.78 is 5.58. The average molecular weight is 323 g/mol. The molecule has 3 nitrogen and oxygen atoms in total. The molecule has 3 rings (SSSR count). The van der Waals surface area contributed by atoms with Crippen molar-refractivity contribution in [1.82, 2.24) is 5.32 Å². The molecule has 1 N–H and O–H groups in total. The summed E-state index contributed by atoms with van der Waals surface area (Å²) in [5.41, 5.74) is 1.43. The van der Waals surface area contributed by atoms with Crippen LogP contribution < -0.4 is 10.1 Å². The first-order valence-electron chi connectivity index (χ1n) is 8.83. The maximum absolute atomic E-state index is 12.1. The van der Waals surface area contributed by atoms with Gasteiger partial charge in [-0.2, -0.15) is 0 Å². The van der Waals surface area contributed by atoms with Crippen molar-refractivity contribution in [2.75, 3.05) is 6.61 Å². The Morgan fingerprint density at radius 1 is 0.917 bits per heavy atom. The molecule has 0 saturated heterocycles. The van der Waals surface area contributed by atoms with Gasteiger partial charge >= 0.3 is 0 Å². The van der Waals surface area contributed by atoms with Crippen LogP contribution in [0.3, 0.4) is 0 Å². The minimum Gasteiger partial charge on any atom is -0.493 e. The third-order valence-corrected chi connectivity index (χ3v) is 4.70. The number of benzene rings is 2. The van der Waals surface area contributed by atoms with Crippen molar-refractivity contribution in [2.45, 2.75) is 44.1 Å². The summed E-state index contributed by atoms with van der Waals surface area (Å²) in [4.78, 5) is 12.1. The van der Waals surface area contributed by atoms with E-state index in [0.29, 0.717) is 25.0 Å². The van der Waals surface area contributed by atoms with E-state index < -0.39 is 0 Å². The molecule has 0 heterocycles. The molecule has 0 aromatic heterocycles. The van der Waals surface area contributed by atoms with E-state index >= 15 is 0 Å². The molecule has 0 spiro atoms. The second-order valence-corrected chi connectivity index (χ2v) is 6.44. The van der Waals surface area contributed by atoms with Gasteiger partial charge in [-0.05, 0) is 49.3 Å². The van der Waals surface area contributed by atoms with Gasteiger partial charge in [0.05, 0.1) is 13.0 Å². The fourth-order valence-corrected chi connectivity index (χ4v) is 3.37. The van der Waals surface area contributed by atoms with E-state index in [0.717, 1.165) is 31.4 Å². The van der Waals surface area contributed by atoms with Crippen LogP contribution in [0.25, 0.3) is 0 Å². The molecule has 1 saturated carbocycles. The minimum absolute atomic E-state index is 0.0918. The number of carbonyl (C=O) groups is 1. The first kappa shape index (κ1) is 16.6. The molecule has 0 bridgehead atoms. The van der Waals surface area contributed by atoms with Crippen LogP contribution in [0.15, 0.2) is 60.7 Å². The zero-order valence-electron chi connectivity index (χ0n) is 14.0. The summed E-state index contributed by atoms with van der Waals surface area (Å²) in [7, 11) is 0. The highest BCUT2D eigenvalue weighted by atomic mass is 16.5. The normalized spacial score (nSPS) is 20.3. The lowest BCUT2D eigenvalue weighted by molar-refractivity contribution is -0.122. The van der Waals surface area contributed by atoms with Crippen LogP contribution in [-0.2, 0) is 4.79 Å². The molecule has 126 valence electrons. The Bertz CT molecular complexity index is 619. The molecule has 24 heavy (non-hydrogen) atoms. The number of hydrogen-bond acceptors (Lipinski definition) is 2. The second-order valence-electron chi connectivity index (χ2n) is 6.44. The van der Waals surface area contributed by atoms with Crippen LogP contribution in [0.1, 0.15) is 43.6 Å². The summed E-state index contributed by atoms with van der Waals surface area (Å²) in [6, 6.07) is 20.6. The molecule has 2 aromatic rings. The predicted molar refractivity (Wildman–Crippen MR) is 96.1 cm³/mol. The molecule has 1 amide bonds. The Hall–Kier alpha value is -2.29. The highest BCUT2D eigenvalue weighted by molar-refractivity contribution is 5.76. The molecule has 0 atom stereocenters. The first-order chi connectivity index (χ1) is 11.8. The molecule has 0 aliphatic heterocycles. The van der Waals surface area contributed by atoms with Crippen molar-refractivity contribution in [3.63, 3.8) is 0 Å². The number of carbonyl (C=O) groups excluding carboxylic acids is 1. The van der Waals surface area contributed by atoms with Crippen LogP contribution in [0.4, 0.5) is 0 Å². The van der Waals surface area contributed by atoms with Gasteiger partial charge in [-0.1, -0.05) is 48.5 Å². The van der Waals surface area contributed by atoms with Crippen molar-refractivity contribution in [3.8, 4) is 5.75 Å². The number of nitrogens with one attached hydrogen (secondary N) is 1. The van der Waals surface area contributed by atoms with Gasteiger partial charge in [0, 0.05) is 6.04 Å². The van der Waals surface area contributed by atoms with Gasteiger partial charge in [-0.25, -0.2) is 0 Å². The number of ether oxygens (including phenoxy) is 1. The molecule has 0 unspecified atom stereocenters. The predicted octanol–water partition coefficient (Wildman–Crippen LogP) is 4.30. The highest BCUT2D eigenvalue weighted by Gasteiger charge is 2.23. The highest BCUT2D eigenvalue weighted by Crippen LogP contribution is 2.32. The maximum Gasteiger partial charge on any atom is 0.223 e. The summed E-state index contributed by atoms with van der Waals surface area (Å²) in [6.45, 7) is 0.426. The lowest BCUT2D eigenvalue weighted by atomic mass is 9.82. The average Bonchev–Trinajstić information content (AvgIpc) is 2.64.